The molecule has 92 valence electrons. The van der Waals surface area contributed by atoms with Gasteiger partial charge < -0.3 is 9.47 Å². The number of ether oxygens (including phenoxy) is 2. The monoisotopic (exact) mass is 237 g/mol. The van der Waals surface area contributed by atoms with Crippen LogP contribution in [-0.2, 0) is 4.79 Å². The number of hydrogen-bond acceptors (Lipinski definition) is 5. The van der Waals surface area contributed by atoms with Gasteiger partial charge in [0, 0.05) is 0 Å². The Balaban J connectivity index is 2.18. The van der Waals surface area contributed by atoms with Crippen LogP contribution in [-0.4, -0.2) is 26.7 Å². The first-order chi connectivity index (χ1) is 8.24. The van der Waals surface area contributed by atoms with Gasteiger partial charge in [-0.25, -0.2) is 5.43 Å². The van der Waals surface area contributed by atoms with Crippen molar-refractivity contribution in [2.45, 2.75) is 6.17 Å². The van der Waals surface area contributed by atoms with E-state index in [2.05, 4.69) is 16.2 Å². The highest BCUT2D eigenvalue weighted by Crippen LogP contribution is 2.29. The van der Waals surface area contributed by atoms with E-state index < -0.39 is 0 Å². The van der Waals surface area contributed by atoms with Gasteiger partial charge in [0.05, 0.1) is 20.8 Å². The molecule has 0 spiro atoms. The summed E-state index contributed by atoms with van der Waals surface area (Å²) in [6.07, 6.45) is -0.132. The lowest BCUT2D eigenvalue weighted by Gasteiger charge is -2.26. The third-order valence-corrected chi connectivity index (χ3v) is 2.56. The van der Waals surface area contributed by atoms with Crippen molar-refractivity contribution in [3.05, 3.63) is 23.8 Å². The minimum atomic E-state index is -0.132. The van der Waals surface area contributed by atoms with Crippen LogP contribution in [0.1, 0.15) is 11.7 Å². The maximum absolute atomic E-state index is 11.0. The SMILES string of the molecule is COc1ccc(C2NCC(=O)NN2)cc1OC. The summed E-state index contributed by atoms with van der Waals surface area (Å²) in [5.74, 6) is 1.25. The van der Waals surface area contributed by atoms with E-state index in [0.717, 1.165) is 5.56 Å². The molecule has 0 aliphatic carbocycles. The van der Waals surface area contributed by atoms with Gasteiger partial charge in [0.1, 0.15) is 6.17 Å². The highest BCUT2D eigenvalue weighted by atomic mass is 16.5. The zero-order valence-corrected chi connectivity index (χ0v) is 9.74. The predicted molar refractivity (Wildman–Crippen MR) is 61.6 cm³/mol. The Morgan fingerprint density at radius 2 is 2.00 bits per heavy atom. The van der Waals surface area contributed by atoms with Gasteiger partial charge >= 0.3 is 0 Å². The Bertz CT molecular complexity index is 412. The molecule has 1 aromatic rings. The largest absolute Gasteiger partial charge is 0.493 e. The second-order valence-corrected chi connectivity index (χ2v) is 3.62. The fourth-order valence-electron chi connectivity index (χ4n) is 1.68. The third kappa shape index (κ3) is 2.48. The van der Waals surface area contributed by atoms with Crippen molar-refractivity contribution in [1.29, 1.82) is 0 Å². The first kappa shape index (κ1) is 11.7. The van der Waals surface area contributed by atoms with Crippen molar-refractivity contribution < 1.29 is 14.3 Å². The number of carbonyl (C=O) groups excluding carboxylic acids is 1. The molecule has 0 bridgehead atoms. The second kappa shape index (κ2) is 5.03. The lowest BCUT2D eigenvalue weighted by atomic mass is 10.1. The summed E-state index contributed by atoms with van der Waals surface area (Å²) in [7, 11) is 3.18. The van der Waals surface area contributed by atoms with E-state index in [9.17, 15) is 4.79 Å². The lowest BCUT2D eigenvalue weighted by molar-refractivity contribution is -0.123. The van der Waals surface area contributed by atoms with Crippen LogP contribution < -0.4 is 25.6 Å². The standard InChI is InChI=1S/C11H15N3O3/c1-16-8-4-3-7(5-9(8)17-2)11-12-6-10(15)13-14-11/h3-5,11-12,14H,6H2,1-2H3,(H,13,15). The van der Waals surface area contributed by atoms with Crippen molar-refractivity contribution in [2.24, 2.45) is 0 Å². The predicted octanol–water partition coefficient (Wildman–Crippen LogP) is -0.0736. The van der Waals surface area contributed by atoms with Crippen LogP contribution in [0, 0.1) is 0 Å². The van der Waals surface area contributed by atoms with Gasteiger partial charge in [0.2, 0.25) is 5.91 Å². The summed E-state index contributed by atoms with van der Waals surface area (Å²) in [5, 5.41) is 3.05. The molecule has 1 unspecified atom stereocenters. The second-order valence-electron chi connectivity index (χ2n) is 3.62. The Morgan fingerprint density at radius 3 is 2.59 bits per heavy atom. The number of carbonyl (C=O) groups is 1. The van der Waals surface area contributed by atoms with E-state index in [0.29, 0.717) is 11.5 Å². The Kier molecular flexibility index (Phi) is 3.46. The highest BCUT2D eigenvalue weighted by Gasteiger charge is 2.19. The smallest absolute Gasteiger partial charge is 0.248 e. The molecule has 1 heterocycles. The molecule has 3 N–H and O–H groups in total. The van der Waals surface area contributed by atoms with Gasteiger partial charge in [-0.15, -0.1) is 0 Å². The molecule has 1 aliphatic rings. The summed E-state index contributed by atoms with van der Waals surface area (Å²) in [4.78, 5) is 11.0. The van der Waals surface area contributed by atoms with Gasteiger partial charge in [0.25, 0.3) is 0 Å². The van der Waals surface area contributed by atoms with E-state index in [1.54, 1.807) is 14.2 Å². The molecule has 1 atom stereocenters. The van der Waals surface area contributed by atoms with Crippen LogP contribution in [0.3, 0.4) is 0 Å². The van der Waals surface area contributed by atoms with Crippen LogP contribution in [0.15, 0.2) is 18.2 Å². The number of amides is 1. The molecule has 1 aliphatic heterocycles. The van der Waals surface area contributed by atoms with Crippen LogP contribution in [0.25, 0.3) is 0 Å². The molecule has 6 heteroatoms. The molecule has 1 aromatic carbocycles. The fourth-order valence-corrected chi connectivity index (χ4v) is 1.68. The average molecular weight is 237 g/mol. The quantitative estimate of drug-likeness (QED) is 0.686. The first-order valence-electron chi connectivity index (χ1n) is 5.24. The number of nitrogens with one attached hydrogen (secondary N) is 3. The van der Waals surface area contributed by atoms with Crippen molar-refractivity contribution in [3.8, 4) is 11.5 Å². The third-order valence-electron chi connectivity index (χ3n) is 2.56. The summed E-state index contributed by atoms with van der Waals surface area (Å²) in [6, 6.07) is 5.60. The minimum Gasteiger partial charge on any atom is -0.493 e. The van der Waals surface area contributed by atoms with E-state index in [-0.39, 0.29) is 18.6 Å². The van der Waals surface area contributed by atoms with Crippen LogP contribution >= 0.6 is 0 Å². The topological polar surface area (TPSA) is 71.6 Å². The average Bonchev–Trinajstić information content (AvgIpc) is 2.39. The van der Waals surface area contributed by atoms with Gasteiger partial charge in [-0.1, -0.05) is 6.07 Å². The van der Waals surface area contributed by atoms with Crippen molar-refractivity contribution in [2.75, 3.05) is 20.8 Å². The zero-order chi connectivity index (χ0) is 12.3. The number of benzene rings is 1. The van der Waals surface area contributed by atoms with Crippen molar-refractivity contribution in [1.82, 2.24) is 16.2 Å². The molecule has 6 nitrogen and oxygen atoms in total. The highest BCUT2D eigenvalue weighted by molar-refractivity contribution is 5.78. The molecule has 0 saturated carbocycles. The van der Waals surface area contributed by atoms with Gasteiger partial charge in [-0.2, -0.15) is 0 Å². The van der Waals surface area contributed by atoms with E-state index in [1.807, 2.05) is 18.2 Å². The molecule has 0 aromatic heterocycles. The number of methoxy groups -OCH3 is 2. The van der Waals surface area contributed by atoms with Crippen molar-refractivity contribution >= 4 is 5.91 Å². The Morgan fingerprint density at radius 1 is 1.24 bits per heavy atom. The Labute approximate surface area is 99.3 Å². The molecule has 1 fully saturated rings. The summed E-state index contributed by atoms with van der Waals surface area (Å²) >= 11 is 0. The van der Waals surface area contributed by atoms with Gasteiger partial charge in [-0.3, -0.25) is 15.5 Å². The maximum Gasteiger partial charge on any atom is 0.248 e. The summed E-state index contributed by atoms with van der Waals surface area (Å²) in [6.45, 7) is 0.284. The number of hydrogen-bond donors (Lipinski definition) is 3. The zero-order valence-electron chi connectivity index (χ0n) is 9.74. The van der Waals surface area contributed by atoms with E-state index >= 15 is 0 Å². The van der Waals surface area contributed by atoms with Crippen LogP contribution in [0.4, 0.5) is 0 Å². The maximum atomic E-state index is 11.0. The molecular weight excluding hydrogens is 222 g/mol. The summed E-state index contributed by atoms with van der Waals surface area (Å²) < 4.78 is 10.4. The fraction of sp³-hybridized carbons (Fsp3) is 0.364. The van der Waals surface area contributed by atoms with Crippen LogP contribution in [0.2, 0.25) is 0 Å². The molecule has 1 saturated heterocycles. The molecule has 2 rings (SSSR count). The van der Waals surface area contributed by atoms with E-state index in [1.165, 1.54) is 0 Å². The Hall–Kier alpha value is -1.79. The minimum absolute atomic E-state index is 0.0817. The van der Waals surface area contributed by atoms with Crippen molar-refractivity contribution in [3.63, 3.8) is 0 Å². The molecule has 17 heavy (non-hydrogen) atoms. The molecular formula is C11H15N3O3. The van der Waals surface area contributed by atoms with Crippen LogP contribution in [0.5, 0.6) is 11.5 Å². The number of rotatable bonds is 3. The first-order valence-corrected chi connectivity index (χ1v) is 5.24. The lowest BCUT2D eigenvalue weighted by Crippen LogP contribution is -2.55. The molecule has 1 amide bonds. The normalized spacial score (nSPS) is 19.6. The van der Waals surface area contributed by atoms with Gasteiger partial charge in [0.15, 0.2) is 11.5 Å². The van der Waals surface area contributed by atoms with Gasteiger partial charge in [-0.05, 0) is 17.7 Å². The number of hydrazine groups is 1. The molecule has 0 radical (unpaired) electrons. The summed E-state index contributed by atoms with van der Waals surface area (Å²) in [5.41, 5.74) is 6.40. The van der Waals surface area contributed by atoms with E-state index in [4.69, 9.17) is 9.47 Å².